The number of nitriles is 1. The number of rotatable bonds is 12. The molecule has 220 valence electrons. The molecule has 3 heterocycles. The summed E-state index contributed by atoms with van der Waals surface area (Å²) in [6.45, 7) is 3.27. The average molecular weight is 599 g/mol. The summed E-state index contributed by atoms with van der Waals surface area (Å²) in [6, 6.07) is 16.5. The number of anilines is 3. The van der Waals surface area contributed by atoms with Crippen LogP contribution in [0.15, 0.2) is 65.3 Å². The number of hydrogen-bond donors (Lipinski definition) is 2. The molecule has 11 heteroatoms. The number of fused-ring (bicyclic) bond motifs is 2. The number of furan rings is 1. The number of carbonyl (C=O) groups is 1. The molecule has 0 spiro atoms. The van der Waals surface area contributed by atoms with Gasteiger partial charge in [-0.2, -0.15) is 5.26 Å². The number of amides is 1. The standard InChI is InChI=1S/C32H31ClN6O4/c1-4-41-30-16-25-23(15-27(30)38-31(40)8-6-12-39(2)3)32(20(17-34)18-36-25)37-21-9-10-28(24(33)13-21)42-19-22-14-26-29(43-22)7-5-11-35-26/h5,7,9-11,13-16,18H,4,6,8,12,19H2,1-3H3,(H,36,37)(H,38,40). The zero-order valence-corrected chi connectivity index (χ0v) is 24.9. The third-order valence-electron chi connectivity index (χ3n) is 6.58. The number of carbonyl (C=O) groups excluding carboxylic acids is 1. The van der Waals surface area contributed by atoms with Crippen LogP contribution in [0.5, 0.6) is 11.5 Å². The highest BCUT2D eigenvalue weighted by Crippen LogP contribution is 2.37. The van der Waals surface area contributed by atoms with Crippen LogP contribution in [0.2, 0.25) is 5.02 Å². The number of hydrogen-bond acceptors (Lipinski definition) is 9. The highest BCUT2D eigenvalue weighted by atomic mass is 35.5. The first-order valence-electron chi connectivity index (χ1n) is 13.8. The Morgan fingerprint density at radius 1 is 1.09 bits per heavy atom. The van der Waals surface area contributed by atoms with E-state index >= 15 is 0 Å². The van der Waals surface area contributed by atoms with Crippen LogP contribution in [-0.4, -0.2) is 48.0 Å². The Labute approximate surface area is 254 Å². The summed E-state index contributed by atoms with van der Waals surface area (Å²) in [6.07, 6.45) is 4.29. The summed E-state index contributed by atoms with van der Waals surface area (Å²) in [5, 5.41) is 17.2. The molecule has 3 aromatic heterocycles. The summed E-state index contributed by atoms with van der Waals surface area (Å²) in [5.74, 6) is 1.48. The summed E-state index contributed by atoms with van der Waals surface area (Å²) in [5.41, 5.74) is 4.04. The van der Waals surface area contributed by atoms with Crippen LogP contribution in [0.4, 0.5) is 17.1 Å². The van der Waals surface area contributed by atoms with E-state index in [2.05, 4.69) is 26.7 Å². The second-order valence-corrected chi connectivity index (χ2v) is 10.5. The minimum atomic E-state index is -0.123. The maximum atomic E-state index is 12.7. The Morgan fingerprint density at radius 3 is 2.70 bits per heavy atom. The fourth-order valence-electron chi connectivity index (χ4n) is 4.56. The lowest BCUT2D eigenvalue weighted by Crippen LogP contribution is -2.17. The molecule has 2 aromatic carbocycles. The van der Waals surface area contributed by atoms with Gasteiger partial charge in [0.1, 0.15) is 35.5 Å². The van der Waals surface area contributed by atoms with E-state index < -0.39 is 0 Å². The highest BCUT2D eigenvalue weighted by molar-refractivity contribution is 6.32. The van der Waals surface area contributed by atoms with Crippen LogP contribution in [0.3, 0.4) is 0 Å². The summed E-state index contributed by atoms with van der Waals surface area (Å²) in [7, 11) is 3.94. The fraction of sp³-hybridized carbons (Fsp3) is 0.250. The third kappa shape index (κ3) is 7.15. The van der Waals surface area contributed by atoms with Gasteiger partial charge in [0.25, 0.3) is 0 Å². The molecule has 0 unspecified atom stereocenters. The van der Waals surface area contributed by atoms with Crippen molar-refractivity contribution in [3.8, 4) is 17.6 Å². The molecule has 0 fully saturated rings. The van der Waals surface area contributed by atoms with Gasteiger partial charge in [-0.15, -0.1) is 0 Å². The predicted molar refractivity (Wildman–Crippen MR) is 167 cm³/mol. The van der Waals surface area contributed by atoms with Crippen molar-refractivity contribution in [2.24, 2.45) is 0 Å². The van der Waals surface area contributed by atoms with E-state index in [0.29, 0.717) is 74.4 Å². The van der Waals surface area contributed by atoms with E-state index in [0.717, 1.165) is 18.5 Å². The molecular weight excluding hydrogens is 568 g/mol. The topological polar surface area (TPSA) is 126 Å². The highest BCUT2D eigenvalue weighted by Gasteiger charge is 2.16. The smallest absolute Gasteiger partial charge is 0.224 e. The van der Waals surface area contributed by atoms with Gasteiger partial charge in [0.05, 0.1) is 34.1 Å². The lowest BCUT2D eigenvalue weighted by atomic mass is 10.1. The molecule has 5 aromatic rings. The number of nitrogens with one attached hydrogen (secondary N) is 2. The summed E-state index contributed by atoms with van der Waals surface area (Å²) < 4.78 is 17.5. The second kappa shape index (κ2) is 13.4. The van der Waals surface area contributed by atoms with Crippen molar-refractivity contribution in [3.63, 3.8) is 0 Å². The van der Waals surface area contributed by atoms with Crippen molar-refractivity contribution in [2.75, 3.05) is 37.9 Å². The number of nitrogens with zero attached hydrogens (tertiary/aromatic N) is 4. The Morgan fingerprint density at radius 2 is 1.95 bits per heavy atom. The van der Waals surface area contributed by atoms with Crippen LogP contribution in [0.25, 0.3) is 22.0 Å². The molecule has 0 aliphatic heterocycles. The molecule has 0 bridgehead atoms. The zero-order chi connectivity index (χ0) is 30.3. The van der Waals surface area contributed by atoms with Gasteiger partial charge in [0, 0.05) is 42.0 Å². The van der Waals surface area contributed by atoms with Crippen LogP contribution in [-0.2, 0) is 11.4 Å². The Hall–Kier alpha value is -4.85. The molecule has 2 N–H and O–H groups in total. The van der Waals surface area contributed by atoms with Gasteiger partial charge >= 0.3 is 0 Å². The quantitative estimate of drug-likeness (QED) is 0.158. The molecule has 10 nitrogen and oxygen atoms in total. The first-order chi connectivity index (χ1) is 20.8. The monoisotopic (exact) mass is 598 g/mol. The van der Waals surface area contributed by atoms with Gasteiger partial charge in [0.2, 0.25) is 5.91 Å². The summed E-state index contributed by atoms with van der Waals surface area (Å²) >= 11 is 6.58. The molecule has 43 heavy (non-hydrogen) atoms. The first kappa shape index (κ1) is 29.6. The number of halogens is 1. The molecule has 0 radical (unpaired) electrons. The number of benzene rings is 2. The lowest BCUT2D eigenvalue weighted by Gasteiger charge is -2.17. The van der Waals surface area contributed by atoms with Gasteiger partial charge in [-0.25, -0.2) is 0 Å². The molecule has 5 rings (SSSR count). The fourth-order valence-corrected chi connectivity index (χ4v) is 4.80. The first-order valence-corrected chi connectivity index (χ1v) is 14.2. The molecule has 0 aliphatic carbocycles. The van der Waals surface area contributed by atoms with Crippen molar-refractivity contribution in [1.29, 1.82) is 5.26 Å². The lowest BCUT2D eigenvalue weighted by molar-refractivity contribution is -0.116. The largest absolute Gasteiger partial charge is 0.492 e. The average Bonchev–Trinajstić information content (AvgIpc) is 3.40. The zero-order valence-electron chi connectivity index (χ0n) is 24.1. The van der Waals surface area contributed by atoms with Crippen molar-refractivity contribution in [3.05, 3.63) is 77.3 Å². The van der Waals surface area contributed by atoms with Crippen molar-refractivity contribution < 1.29 is 18.7 Å². The van der Waals surface area contributed by atoms with Crippen molar-refractivity contribution in [1.82, 2.24) is 14.9 Å². The van der Waals surface area contributed by atoms with E-state index in [1.807, 2.05) is 44.1 Å². The van der Waals surface area contributed by atoms with Gasteiger partial charge in [-0.1, -0.05) is 11.6 Å². The number of ether oxygens (including phenoxy) is 2. The van der Waals surface area contributed by atoms with Crippen molar-refractivity contribution >= 4 is 56.6 Å². The van der Waals surface area contributed by atoms with E-state index in [4.69, 9.17) is 25.5 Å². The van der Waals surface area contributed by atoms with Gasteiger partial charge in [-0.3, -0.25) is 14.8 Å². The van der Waals surface area contributed by atoms with Crippen LogP contribution >= 0.6 is 11.6 Å². The van der Waals surface area contributed by atoms with E-state index in [1.54, 1.807) is 36.5 Å². The van der Waals surface area contributed by atoms with E-state index in [-0.39, 0.29) is 12.5 Å². The van der Waals surface area contributed by atoms with E-state index in [1.165, 1.54) is 6.20 Å². The molecular formula is C32H31ClN6O4. The van der Waals surface area contributed by atoms with E-state index in [9.17, 15) is 10.1 Å². The normalized spacial score (nSPS) is 11.1. The SMILES string of the molecule is CCOc1cc2ncc(C#N)c(Nc3ccc(OCc4cc5ncccc5o4)c(Cl)c3)c2cc1NC(=O)CCCN(C)C. The van der Waals surface area contributed by atoms with Crippen molar-refractivity contribution in [2.45, 2.75) is 26.4 Å². The number of pyridine rings is 2. The van der Waals surface area contributed by atoms with Gasteiger partial charge < -0.3 is 29.4 Å². The molecule has 0 saturated heterocycles. The van der Waals surface area contributed by atoms with Gasteiger partial charge in [-0.05, 0) is 70.4 Å². The minimum absolute atomic E-state index is 0.123. The number of aromatic nitrogens is 2. The second-order valence-electron chi connectivity index (χ2n) is 10.1. The van der Waals surface area contributed by atoms with Crippen LogP contribution in [0, 0.1) is 11.3 Å². The summed E-state index contributed by atoms with van der Waals surface area (Å²) in [4.78, 5) is 23.5. The van der Waals surface area contributed by atoms with Crippen LogP contribution in [0.1, 0.15) is 31.1 Å². The molecule has 0 atom stereocenters. The Bertz CT molecular complexity index is 1780. The minimum Gasteiger partial charge on any atom is -0.492 e. The Balaban J connectivity index is 1.39. The predicted octanol–water partition coefficient (Wildman–Crippen LogP) is 6.90. The third-order valence-corrected chi connectivity index (χ3v) is 6.88. The van der Waals surface area contributed by atoms with Crippen LogP contribution < -0.4 is 20.1 Å². The maximum absolute atomic E-state index is 12.7. The van der Waals surface area contributed by atoms with Gasteiger partial charge in [0.15, 0.2) is 5.58 Å². The molecule has 0 aliphatic rings. The molecule has 1 amide bonds. The molecule has 0 saturated carbocycles. The maximum Gasteiger partial charge on any atom is 0.224 e. The Kier molecular flexibility index (Phi) is 9.25.